The zero-order valence-electron chi connectivity index (χ0n) is 16.4. The topological polar surface area (TPSA) is 54.9 Å². The fourth-order valence-electron chi connectivity index (χ4n) is 4.94. The second-order valence-corrected chi connectivity index (χ2v) is 7.96. The van der Waals surface area contributed by atoms with Crippen molar-refractivity contribution in [1.82, 2.24) is 9.97 Å². The quantitative estimate of drug-likeness (QED) is 0.705. The van der Waals surface area contributed by atoms with Gasteiger partial charge in [0.05, 0.1) is 11.1 Å². The lowest BCUT2D eigenvalue weighted by Crippen LogP contribution is -2.47. The van der Waals surface area contributed by atoms with E-state index in [0.29, 0.717) is 5.95 Å². The standard InChI is InChI=1S/C25H23N3O/c1-17-21-13-12-18-16-26-24(27-20-10-6-3-7-11-20)28-23(18)25(21,15-14-22(17)29)19-8-4-2-5-9-19/h2-11,14-17,21H,12-13H2,1H3,(H,26,27,28)/t17-,21-,25+/m0/s1. The van der Waals surface area contributed by atoms with Gasteiger partial charge in [-0.05, 0) is 48.1 Å². The molecule has 4 nitrogen and oxygen atoms in total. The van der Waals surface area contributed by atoms with Gasteiger partial charge in [0.15, 0.2) is 5.78 Å². The fourth-order valence-corrected chi connectivity index (χ4v) is 4.94. The highest BCUT2D eigenvalue weighted by Gasteiger charge is 2.50. The van der Waals surface area contributed by atoms with Gasteiger partial charge in [-0.15, -0.1) is 0 Å². The van der Waals surface area contributed by atoms with Crippen molar-refractivity contribution in [2.24, 2.45) is 11.8 Å². The number of benzene rings is 2. The van der Waals surface area contributed by atoms with Gasteiger partial charge in [-0.25, -0.2) is 9.97 Å². The molecule has 1 N–H and O–H groups in total. The molecule has 0 saturated carbocycles. The summed E-state index contributed by atoms with van der Waals surface area (Å²) in [4.78, 5) is 22.1. The minimum atomic E-state index is -0.405. The van der Waals surface area contributed by atoms with E-state index < -0.39 is 5.41 Å². The van der Waals surface area contributed by atoms with Gasteiger partial charge in [0.2, 0.25) is 5.95 Å². The minimum absolute atomic E-state index is 0.0335. The van der Waals surface area contributed by atoms with E-state index in [0.717, 1.165) is 29.8 Å². The molecule has 1 heterocycles. The smallest absolute Gasteiger partial charge is 0.227 e. The molecule has 4 heteroatoms. The van der Waals surface area contributed by atoms with Crippen molar-refractivity contribution in [2.75, 3.05) is 5.32 Å². The number of aryl methyl sites for hydroxylation is 1. The van der Waals surface area contributed by atoms with Gasteiger partial charge in [0.1, 0.15) is 0 Å². The minimum Gasteiger partial charge on any atom is -0.324 e. The van der Waals surface area contributed by atoms with Crippen molar-refractivity contribution in [1.29, 1.82) is 0 Å². The van der Waals surface area contributed by atoms with E-state index in [1.54, 1.807) is 6.08 Å². The van der Waals surface area contributed by atoms with E-state index in [2.05, 4.69) is 47.6 Å². The zero-order chi connectivity index (χ0) is 19.8. The van der Waals surface area contributed by atoms with Crippen LogP contribution in [0.15, 0.2) is 79.0 Å². The highest BCUT2D eigenvalue weighted by molar-refractivity contribution is 5.93. The number of ketones is 1. The molecule has 2 aromatic carbocycles. The van der Waals surface area contributed by atoms with Crippen LogP contribution in [0.1, 0.15) is 30.2 Å². The van der Waals surface area contributed by atoms with Crippen LogP contribution in [0.2, 0.25) is 0 Å². The average molecular weight is 381 g/mol. The number of anilines is 2. The maximum atomic E-state index is 12.5. The van der Waals surface area contributed by atoms with Gasteiger partial charge in [-0.2, -0.15) is 0 Å². The number of hydrogen-bond acceptors (Lipinski definition) is 4. The first-order chi connectivity index (χ1) is 14.2. The van der Waals surface area contributed by atoms with E-state index in [1.165, 1.54) is 5.56 Å². The molecule has 0 saturated heterocycles. The van der Waals surface area contributed by atoms with Crippen LogP contribution in [0.5, 0.6) is 0 Å². The predicted molar refractivity (Wildman–Crippen MR) is 114 cm³/mol. The molecule has 2 aliphatic rings. The molecule has 3 atom stereocenters. The normalized spacial score (nSPS) is 25.2. The van der Waals surface area contributed by atoms with Crippen molar-refractivity contribution >= 4 is 17.4 Å². The van der Waals surface area contributed by atoms with Crippen LogP contribution in [0, 0.1) is 11.8 Å². The number of carbonyl (C=O) groups excluding carboxylic acids is 1. The summed E-state index contributed by atoms with van der Waals surface area (Å²) in [5.41, 5.74) is 3.92. The molecule has 0 unspecified atom stereocenters. The molecule has 1 aromatic heterocycles. The number of rotatable bonds is 3. The van der Waals surface area contributed by atoms with Crippen molar-refractivity contribution < 1.29 is 4.79 Å². The van der Waals surface area contributed by atoms with Crippen LogP contribution in [-0.4, -0.2) is 15.8 Å². The summed E-state index contributed by atoms with van der Waals surface area (Å²) < 4.78 is 0. The number of aromatic nitrogens is 2. The molecule has 0 bridgehead atoms. The Balaban J connectivity index is 1.69. The maximum Gasteiger partial charge on any atom is 0.227 e. The summed E-state index contributed by atoms with van der Waals surface area (Å²) in [5.74, 6) is 0.953. The molecule has 3 aromatic rings. The lowest BCUT2D eigenvalue weighted by atomic mass is 9.55. The Morgan fingerprint density at radius 2 is 1.76 bits per heavy atom. The van der Waals surface area contributed by atoms with Crippen LogP contribution < -0.4 is 5.32 Å². The zero-order valence-corrected chi connectivity index (χ0v) is 16.4. The molecule has 29 heavy (non-hydrogen) atoms. The highest BCUT2D eigenvalue weighted by atomic mass is 16.1. The Labute approximate surface area is 170 Å². The predicted octanol–water partition coefficient (Wildman–Crippen LogP) is 4.84. The fraction of sp³-hybridized carbons (Fsp3) is 0.240. The number of nitrogens with zero attached hydrogens (tertiary/aromatic N) is 2. The van der Waals surface area contributed by atoms with Crippen molar-refractivity contribution in [3.8, 4) is 0 Å². The number of para-hydroxylation sites is 1. The lowest BCUT2D eigenvalue weighted by molar-refractivity contribution is -0.120. The third-order valence-electron chi connectivity index (χ3n) is 6.41. The molecule has 5 rings (SSSR count). The molecule has 144 valence electrons. The highest BCUT2D eigenvalue weighted by Crippen LogP contribution is 2.51. The van der Waals surface area contributed by atoms with Crippen LogP contribution in [0.4, 0.5) is 11.6 Å². The summed E-state index contributed by atoms with van der Waals surface area (Å²) in [6.07, 6.45) is 7.64. The van der Waals surface area contributed by atoms with Crippen molar-refractivity contribution in [3.63, 3.8) is 0 Å². The number of carbonyl (C=O) groups is 1. The van der Waals surface area contributed by atoms with Crippen LogP contribution in [0.3, 0.4) is 0 Å². The second kappa shape index (κ2) is 6.96. The Hall–Kier alpha value is -3.27. The van der Waals surface area contributed by atoms with E-state index in [4.69, 9.17) is 4.98 Å². The number of allylic oxidation sites excluding steroid dienone is 2. The monoisotopic (exact) mass is 381 g/mol. The number of hydrogen-bond donors (Lipinski definition) is 1. The van der Waals surface area contributed by atoms with Gasteiger partial charge in [0.25, 0.3) is 0 Å². The van der Waals surface area contributed by atoms with Crippen LogP contribution >= 0.6 is 0 Å². The second-order valence-electron chi connectivity index (χ2n) is 7.96. The van der Waals surface area contributed by atoms with Crippen LogP contribution in [0.25, 0.3) is 0 Å². The molecule has 0 radical (unpaired) electrons. The molecular weight excluding hydrogens is 358 g/mol. The Bertz CT molecular complexity index is 1080. The first kappa shape index (κ1) is 17.8. The summed E-state index contributed by atoms with van der Waals surface area (Å²) in [5, 5.41) is 3.32. The Morgan fingerprint density at radius 1 is 1.03 bits per heavy atom. The Morgan fingerprint density at radius 3 is 2.52 bits per heavy atom. The van der Waals surface area contributed by atoms with Gasteiger partial charge in [-0.1, -0.05) is 61.5 Å². The summed E-state index contributed by atoms with van der Waals surface area (Å²) in [7, 11) is 0. The molecular formula is C25H23N3O. The first-order valence-corrected chi connectivity index (χ1v) is 10.2. The van der Waals surface area contributed by atoms with E-state index in [1.807, 2.05) is 42.6 Å². The van der Waals surface area contributed by atoms with E-state index in [9.17, 15) is 4.79 Å². The number of fused-ring (bicyclic) bond motifs is 3. The maximum absolute atomic E-state index is 12.5. The van der Waals surface area contributed by atoms with E-state index in [-0.39, 0.29) is 17.6 Å². The van der Waals surface area contributed by atoms with Crippen molar-refractivity contribution in [3.05, 3.63) is 95.8 Å². The van der Waals surface area contributed by atoms with Gasteiger partial charge < -0.3 is 5.32 Å². The molecule has 0 aliphatic heterocycles. The van der Waals surface area contributed by atoms with Crippen LogP contribution in [-0.2, 0) is 16.6 Å². The number of nitrogens with one attached hydrogen (secondary N) is 1. The molecule has 0 spiro atoms. The van der Waals surface area contributed by atoms with Crippen molar-refractivity contribution in [2.45, 2.75) is 25.2 Å². The molecule has 0 fully saturated rings. The average Bonchev–Trinajstić information content (AvgIpc) is 2.77. The summed E-state index contributed by atoms with van der Waals surface area (Å²) in [6.45, 7) is 2.06. The third kappa shape index (κ3) is 2.87. The van der Waals surface area contributed by atoms with Gasteiger partial charge in [-0.3, -0.25) is 4.79 Å². The molecule has 0 amide bonds. The summed E-state index contributed by atoms with van der Waals surface area (Å²) in [6, 6.07) is 20.4. The lowest BCUT2D eigenvalue weighted by Gasteiger charge is -2.47. The first-order valence-electron chi connectivity index (χ1n) is 10.2. The SMILES string of the molecule is C[C@@H]1C(=O)C=C[C@]2(c3ccccc3)c3nc(Nc4ccccc4)ncc3CC[C@@H]12. The largest absolute Gasteiger partial charge is 0.324 e. The summed E-state index contributed by atoms with van der Waals surface area (Å²) >= 11 is 0. The molecule has 2 aliphatic carbocycles. The van der Waals surface area contributed by atoms with Gasteiger partial charge >= 0.3 is 0 Å². The van der Waals surface area contributed by atoms with E-state index >= 15 is 0 Å². The Kier molecular flexibility index (Phi) is 4.27. The third-order valence-corrected chi connectivity index (χ3v) is 6.41. The van der Waals surface area contributed by atoms with Gasteiger partial charge in [0, 0.05) is 17.8 Å².